The highest BCUT2D eigenvalue weighted by atomic mass is 16.3. The molecule has 0 radical (unpaired) electrons. The Morgan fingerprint density at radius 1 is 1.53 bits per heavy atom. The first-order valence-corrected chi connectivity index (χ1v) is 5.94. The number of hydrogen-bond donors (Lipinski definition) is 3. The number of aryl methyl sites for hydroxylation is 2. The number of anilines is 2. The van der Waals surface area contributed by atoms with Crippen molar-refractivity contribution < 1.29 is 9.90 Å². The Bertz CT molecular complexity index is 619. The van der Waals surface area contributed by atoms with Crippen molar-refractivity contribution in [3.8, 4) is 5.75 Å². The molecule has 0 spiro atoms. The van der Waals surface area contributed by atoms with E-state index in [2.05, 4.69) is 10.4 Å². The number of carbonyl (C=O) groups is 1. The zero-order valence-electron chi connectivity index (χ0n) is 10.8. The molecule has 1 aromatic carbocycles. The van der Waals surface area contributed by atoms with Gasteiger partial charge in [-0.05, 0) is 18.6 Å². The number of carbonyl (C=O) groups excluding carboxylic acids is 1. The Kier molecular flexibility index (Phi) is 3.41. The summed E-state index contributed by atoms with van der Waals surface area (Å²) in [6.07, 6.45) is 2.43. The molecular formula is C13H16N4O2. The molecule has 19 heavy (non-hydrogen) atoms. The van der Waals surface area contributed by atoms with Gasteiger partial charge in [-0.25, -0.2) is 0 Å². The number of rotatable bonds is 3. The maximum absolute atomic E-state index is 12.1. The molecule has 0 saturated carbocycles. The first-order valence-electron chi connectivity index (χ1n) is 5.94. The fourth-order valence-corrected chi connectivity index (χ4v) is 1.83. The molecule has 0 aliphatic carbocycles. The molecule has 1 heterocycles. The smallest absolute Gasteiger partial charge is 0.259 e. The van der Waals surface area contributed by atoms with Crippen LogP contribution in [0, 0.1) is 0 Å². The second-order valence-electron chi connectivity index (χ2n) is 4.21. The number of nitrogens with two attached hydrogens (primary N) is 1. The minimum atomic E-state index is -0.410. The Labute approximate surface area is 110 Å². The van der Waals surface area contributed by atoms with Gasteiger partial charge < -0.3 is 16.2 Å². The quantitative estimate of drug-likeness (QED) is 0.576. The summed E-state index contributed by atoms with van der Waals surface area (Å²) in [5, 5.41) is 16.7. The first-order chi connectivity index (χ1) is 9.02. The summed E-state index contributed by atoms with van der Waals surface area (Å²) in [5.74, 6) is -0.616. The minimum absolute atomic E-state index is 0.144. The van der Waals surface area contributed by atoms with Crippen LogP contribution in [0.1, 0.15) is 23.0 Å². The Hall–Kier alpha value is -2.50. The van der Waals surface area contributed by atoms with Crippen LogP contribution in [0.25, 0.3) is 0 Å². The van der Waals surface area contributed by atoms with Crippen molar-refractivity contribution in [1.29, 1.82) is 0 Å². The summed E-state index contributed by atoms with van der Waals surface area (Å²) in [5.41, 5.74) is 7.31. The number of para-hydroxylation sites is 1. The molecule has 6 heteroatoms. The molecule has 0 aliphatic rings. The van der Waals surface area contributed by atoms with E-state index in [4.69, 9.17) is 5.73 Å². The summed E-state index contributed by atoms with van der Waals surface area (Å²) in [6.45, 7) is 1.95. The van der Waals surface area contributed by atoms with E-state index in [1.165, 1.54) is 12.1 Å². The highest BCUT2D eigenvalue weighted by Crippen LogP contribution is 2.25. The maximum atomic E-state index is 12.1. The van der Waals surface area contributed by atoms with Crippen LogP contribution in [0.3, 0.4) is 0 Å². The zero-order chi connectivity index (χ0) is 14.0. The number of nitrogens with one attached hydrogen (secondary N) is 1. The second kappa shape index (κ2) is 5.01. The van der Waals surface area contributed by atoms with E-state index in [-0.39, 0.29) is 17.0 Å². The highest BCUT2D eigenvalue weighted by molar-refractivity contribution is 6.07. The molecule has 0 bridgehead atoms. The Balaban J connectivity index is 2.28. The summed E-state index contributed by atoms with van der Waals surface area (Å²) >= 11 is 0. The van der Waals surface area contributed by atoms with Gasteiger partial charge in [0.15, 0.2) is 5.75 Å². The molecule has 0 unspecified atom stereocenters. The van der Waals surface area contributed by atoms with Crippen molar-refractivity contribution in [2.45, 2.75) is 13.3 Å². The summed E-state index contributed by atoms with van der Waals surface area (Å²) in [7, 11) is 1.78. The maximum Gasteiger partial charge on any atom is 0.259 e. The molecule has 2 rings (SSSR count). The molecule has 100 valence electrons. The fourth-order valence-electron chi connectivity index (χ4n) is 1.83. The van der Waals surface area contributed by atoms with Crippen LogP contribution in [0.2, 0.25) is 0 Å². The first kappa shape index (κ1) is 12.9. The van der Waals surface area contributed by atoms with Gasteiger partial charge in [0.1, 0.15) is 0 Å². The lowest BCUT2D eigenvalue weighted by Gasteiger charge is -2.07. The molecule has 4 N–H and O–H groups in total. The standard InChI is InChI=1S/C13H16N4O2/c1-3-10-11(7-17(2)16-10)15-13(19)8-5-4-6-9(14)12(8)18/h4-7,18H,3,14H2,1-2H3,(H,15,19). The van der Waals surface area contributed by atoms with E-state index in [1.807, 2.05) is 6.92 Å². The summed E-state index contributed by atoms with van der Waals surface area (Å²) in [6, 6.07) is 4.67. The molecule has 6 nitrogen and oxygen atoms in total. The predicted molar refractivity (Wildman–Crippen MR) is 73.1 cm³/mol. The van der Waals surface area contributed by atoms with Gasteiger partial charge in [0.25, 0.3) is 5.91 Å². The van der Waals surface area contributed by atoms with Crippen molar-refractivity contribution in [2.24, 2.45) is 7.05 Å². The third kappa shape index (κ3) is 2.52. The topological polar surface area (TPSA) is 93.2 Å². The van der Waals surface area contributed by atoms with Gasteiger partial charge in [0.2, 0.25) is 0 Å². The fraction of sp³-hybridized carbons (Fsp3) is 0.231. The molecule has 1 aromatic heterocycles. The van der Waals surface area contributed by atoms with Crippen LogP contribution in [0.5, 0.6) is 5.75 Å². The van der Waals surface area contributed by atoms with Crippen LogP contribution in [-0.4, -0.2) is 20.8 Å². The number of benzene rings is 1. The number of phenols is 1. The van der Waals surface area contributed by atoms with Gasteiger partial charge in [-0.3, -0.25) is 9.48 Å². The number of phenolic OH excluding ortho intramolecular Hbond substituents is 1. The van der Waals surface area contributed by atoms with Crippen LogP contribution in [0.4, 0.5) is 11.4 Å². The monoisotopic (exact) mass is 260 g/mol. The van der Waals surface area contributed by atoms with Gasteiger partial charge in [-0.15, -0.1) is 0 Å². The van der Waals surface area contributed by atoms with Crippen LogP contribution >= 0.6 is 0 Å². The SMILES string of the molecule is CCc1nn(C)cc1NC(=O)c1cccc(N)c1O. The number of aromatic nitrogens is 2. The minimum Gasteiger partial charge on any atom is -0.505 e. The van der Waals surface area contributed by atoms with E-state index in [1.54, 1.807) is 24.0 Å². The number of hydrogen-bond acceptors (Lipinski definition) is 4. The zero-order valence-corrected chi connectivity index (χ0v) is 10.8. The average Bonchev–Trinajstić information content (AvgIpc) is 2.72. The normalized spacial score (nSPS) is 10.4. The van der Waals surface area contributed by atoms with Gasteiger partial charge >= 0.3 is 0 Å². The Morgan fingerprint density at radius 2 is 2.26 bits per heavy atom. The number of aromatic hydroxyl groups is 1. The van der Waals surface area contributed by atoms with E-state index in [0.717, 1.165) is 5.69 Å². The number of nitrogens with zero attached hydrogens (tertiary/aromatic N) is 2. The molecule has 1 amide bonds. The van der Waals surface area contributed by atoms with Crippen molar-refractivity contribution in [3.63, 3.8) is 0 Å². The van der Waals surface area contributed by atoms with Crippen LogP contribution in [-0.2, 0) is 13.5 Å². The van der Waals surface area contributed by atoms with E-state index in [0.29, 0.717) is 12.1 Å². The molecular weight excluding hydrogens is 244 g/mol. The molecule has 0 aliphatic heterocycles. The van der Waals surface area contributed by atoms with Crippen molar-refractivity contribution >= 4 is 17.3 Å². The lowest BCUT2D eigenvalue weighted by molar-refractivity contribution is 0.102. The molecule has 0 atom stereocenters. The lowest BCUT2D eigenvalue weighted by atomic mass is 10.1. The summed E-state index contributed by atoms with van der Waals surface area (Å²) < 4.78 is 1.63. The van der Waals surface area contributed by atoms with Crippen molar-refractivity contribution in [3.05, 3.63) is 35.7 Å². The third-order valence-electron chi connectivity index (χ3n) is 2.80. The van der Waals surface area contributed by atoms with Crippen molar-refractivity contribution in [2.75, 3.05) is 11.1 Å². The van der Waals surface area contributed by atoms with E-state index in [9.17, 15) is 9.90 Å². The molecule has 0 fully saturated rings. The third-order valence-corrected chi connectivity index (χ3v) is 2.80. The lowest BCUT2D eigenvalue weighted by Crippen LogP contribution is -2.13. The second-order valence-corrected chi connectivity index (χ2v) is 4.21. The van der Waals surface area contributed by atoms with Crippen LogP contribution in [0.15, 0.2) is 24.4 Å². The van der Waals surface area contributed by atoms with Crippen molar-refractivity contribution in [1.82, 2.24) is 9.78 Å². The van der Waals surface area contributed by atoms with Gasteiger partial charge in [0, 0.05) is 13.2 Å². The number of nitrogen functional groups attached to an aromatic ring is 1. The van der Waals surface area contributed by atoms with Crippen LogP contribution < -0.4 is 11.1 Å². The molecule has 2 aromatic rings. The van der Waals surface area contributed by atoms with Gasteiger partial charge in [-0.2, -0.15) is 5.10 Å². The summed E-state index contributed by atoms with van der Waals surface area (Å²) in [4.78, 5) is 12.1. The predicted octanol–water partition coefficient (Wildman–Crippen LogP) is 1.52. The van der Waals surface area contributed by atoms with Gasteiger partial charge in [0.05, 0.1) is 22.6 Å². The molecule has 0 saturated heterocycles. The highest BCUT2D eigenvalue weighted by Gasteiger charge is 2.15. The largest absolute Gasteiger partial charge is 0.505 e. The van der Waals surface area contributed by atoms with Gasteiger partial charge in [-0.1, -0.05) is 13.0 Å². The van der Waals surface area contributed by atoms with E-state index < -0.39 is 5.91 Å². The average molecular weight is 260 g/mol. The Morgan fingerprint density at radius 3 is 2.95 bits per heavy atom. The number of amides is 1. The van der Waals surface area contributed by atoms with E-state index >= 15 is 0 Å².